The van der Waals surface area contributed by atoms with Crippen molar-refractivity contribution >= 4 is 23.3 Å². The zero-order valence-electron chi connectivity index (χ0n) is 17.8. The lowest BCUT2D eigenvalue weighted by atomic mass is 10.1. The molecule has 0 bridgehead atoms. The molecular formula is C22H24ClFN6O. The third kappa shape index (κ3) is 4.54. The Morgan fingerprint density at radius 2 is 1.77 bits per heavy atom. The molecule has 7 nitrogen and oxygen atoms in total. The van der Waals surface area contributed by atoms with Gasteiger partial charge in [0, 0.05) is 48.5 Å². The number of nitrogens with zero attached hydrogens (tertiary/aromatic N) is 6. The number of carbonyl (C=O) groups is 1. The van der Waals surface area contributed by atoms with Crippen molar-refractivity contribution in [1.82, 2.24) is 24.6 Å². The second-order valence-electron chi connectivity index (χ2n) is 7.72. The monoisotopic (exact) mass is 442 g/mol. The molecule has 1 aromatic carbocycles. The first-order valence-corrected chi connectivity index (χ1v) is 10.5. The van der Waals surface area contributed by atoms with Crippen LogP contribution in [0, 0.1) is 26.6 Å². The lowest BCUT2D eigenvalue weighted by Crippen LogP contribution is -2.49. The van der Waals surface area contributed by atoms with E-state index in [4.69, 9.17) is 11.6 Å². The van der Waals surface area contributed by atoms with Gasteiger partial charge in [-0.3, -0.25) is 4.79 Å². The van der Waals surface area contributed by atoms with Gasteiger partial charge in [-0.15, -0.1) is 0 Å². The van der Waals surface area contributed by atoms with Gasteiger partial charge in [0.25, 0.3) is 0 Å². The highest BCUT2D eigenvalue weighted by molar-refractivity contribution is 6.31. The fourth-order valence-corrected chi connectivity index (χ4v) is 4.05. The summed E-state index contributed by atoms with van der Waals surface area (Å²) in [5.74, 6) is 1.61. The first-order valence-electron chi connectivity index (χ1n) is 10.2. The van der Waals surface area contributed by atoms with Crippen LogP contribution >= 0.6 is 11.6 Å². The zero-order valence-corrected chi connectivity index (χ0v) is 18.5. The highest BCUT2D eigenvalue weighted by Gasteiger charge is 2.24. The third-order valence-electron chi connectivity index (χ3n) is 5.38. The van der Waals surface area contributed by atoms with Crippen LogP contribution in [0.25, 0.3) is 5.82 Å². The van der Waals surface area contributed by atoms with Crippen LogP contribution in [0.3, 0.4) is 0 Å². The molecule has 1 amide bonds. The van der Waals surface area contributed by atoms with E-state index in [1.165, 1.54) is 12.1 Å². The molecule has 1 saturated heterocycles. The molecule has 0 aliphatic carbocycles. The minimum absolute atomic E-state index is 0.0415. The number of hydrogen-bond acceptors (Lipinski definition) is 5. The van der Waals surface area contributed by atoms with Crippen LogP contribution in [0.15, 0.2) is 30.3 Å². The number of rotatable bonds is 4. The molecule has 1 aliphatic rings. The number of halogens is 2. The van der Waals surface area contributed by atoms with Gasteiger partial charge in [0.2, 0.25) is 5.91 Å². The molecule has 0 N–H and O–H groups in total. The number of benzene rings is 1. The number of hydrogen-bond donors (Lipinski definition) is 0. The van der Waals surface area contributed by atoms with E-state index in [1.54, 1.807) is 11.0 Å². The molecule has 9 heteroatoms. The van der Waals surface area contributed by atoms with Crippen molar-refractivity contribution in [3.63, 3.8) is 0 Å². The number of carbonyl (C=O) groups excluding carboxylic acids is 1. The summed E-state index contributed by atoms with van der Waals surface area (Å²) in [6.07, 6.45) is -0.0415. The van der Waals surface area contributed by atoms with Gasteiger partial charge in [-0.2, -0.15) is 5.10 Å². The van der Waals surface area contributed by atoms with Gasteiger partial charge >= 0.3 is 0 Å². The van der Waals surface area contributed by atoms with E-state index in [1.807, 2.05) is 37.6 Å². The molecule has 1 aliphatic heterocycles. The highest BCUT2D eigenvalue weighted by atomic mass is 35.5. The van der Waals surface area contributed by atoms with Crippen molar-refractivity contribution in [2.24, 2.45) is 0 Å². The fraction of sp³-hybridized carbons (Fsp3) is 0.364. The average Bonchev–Trinajstić information content (AvgIpc) is 3.08. The van der Waals surface area contributed by atoms with Crippen LogP contribution in [0.1, 0.15) is 22.8 Å². The Morgan fingerprint density at radius 1 is 1.06 bits per heavy atom. The lowest BCUT2D eigenvalue weighted by Gasteiger charge is -2.35. The summed E-state index contributed by atoms with van der Waals surface area (Å²) in [6, 6.07) is 8.38. The van der Waals surface area contributed by atoms with E-state index in [2.05, 4.69) is 20.0 Å². The Labute approximate surface area is 185 Å². The maximum atomic E-state index is 14.0. The average molecular weight is 443 g/mol. The maximum absolute atomic E-state index is 14.0. The number of aromatic nitrogens is 4. The van der Waals surface area contributed by atoms with Crippen molar-refractivity contribution in [2.45, 2.75) is 27.2 Å². The minimum atomic E-state index is -0.451. The highest BCUT2D eigenvalue weighted by Crippen LogP contribution is 2.22. The summed E-state index contributed by atoms with van der Waals surface area (Å²) in [5.41, 5.74) is 2.18. The van der Waals surface area contributed by atoms with E-state index < -0.39 is 5.82 Å². The van der Waals surface area contributed by atoms with E-state index >= 15 is 0 Å². The molecule has 162 valence electrons. The molecule has 0 atom stereocenters. The Morgan fingerprint density at radius 3 is 2.42 bits per heavy atom. The Kier molecular flexibility index (Phi) is 5.91. The van der Waals surface area contributed by atoms with Crippen LogP contribution < -0.4 is 4.90 Å². The Hall–Kier alpha value is -3.00. The third-order valence-corrected chi connectivity index (χ3v) is 5.74. The summed E-state index contributed by atoms with van der Waals surface area (Å²) in [5, 5.41) is 4.79. The minimum Gasteiger partial charge on any atom is -0.353 e. The van der Waals surface area contributed by atoms with Crippen LogP contribution in [-0.2, 0) is 11.2 Å². The number of aryl methyl sites for hydroxylation is 3. The molecule has 31 heavy (non-hydrogen) atoms. The Balaban J connectivity index is 1.45. The fourth-order valence-electron chi connectivity index (χ4n) is 3.82. The van der Waals surface area contributed by atoms with E-state index in [9.17, 15) is 9.18 Å². The summed E-state index contributed by atoms with van der Waals surface area (Å²) < 4.78 is 15.8. The summed E-state index contributed by atoms with van der Waals surface area (Å²) in [6.45, 7) is 8.11. The normalized spacial score (nSPS) is 14.2. The predicted molar refractivity (Wildman–Crippen MR) is 117 cm³/mol. The second kappa shape index (κ2) is 8.63. The van der Waals surface area contributed by atoms with Gasteiger partial charge in [-0.05, 0) is 39.0 Å². The summed E-state index contributed by atoms with van der Waals surface area (Å²) in [4.78, 5) is 25.7. The number of anilines is 1. The molecule has 0 unspecified atom stereocenters. The standard InChI is InChI=1S/C22H24ClFN6O/c1-14-11-15(2)30(27-14)21-13-20(25-16(3)26-21)28-7-9-29(10-8-28)22(31)12-17-18(23)5-4-6-19(17)24/h4-6,11,13H,7-10,12H2,1-3H3. The Bertz CT molecular complexity index is 1100. The smallest absolute Gasteiger partial charge is 0.227 e. The van der Waals surface area contributed by atoms with Gasteiger partial charge in [-0.1, -0.05) is 17.7 Å². The van der Waals surface area contributed by atoms with Crippen molar-refractivity contribution in [3.05, 3.63) is 63.9 Å². The van der Waals surface area contributed by atoms with Crippen molar-refractivity contribution in [3.8, 4) is 5.82 Å². The second-order valence-corrected chi connectivity index (χ2v) is 8.12. The summed E-state index contributed by atoms with van der Waals surface area (Å²) in [7, 11) is 0. The maximum Gasteiger partial charge on any atom is 0.227 e. The largest absolute Gasteiger partial charge is 0.353 e. The predicted octanol–water partition coefficient (Wildman–Crippen LogP) is 3.27. The van der Waals surface area contributed by atoms with Crippen molar-refractivity contribution in [2.75, 3.05) is 31.1 Å². The summed E-state index contributed by atoms with van der Waals surface area (Å²) >= 11 is 6.07. The number of piperazine rings is 1. The van der Waals surface area contributed by atoms with Crippen LogP contribution in [0.2, 0.25) is 5.02 Å². The van der Waals surface area contributed by atoms with Crippen molar-refractivity contribution < 1.29 is 9.18 Å². The molecule has 1 fully saturated rings. The molecule has 2 aromatic heterocycles. The van der Waals surface area contributed by atoms with Gasteiger partial charge in [0.05, 0.1) is 12.1 Å². The quantitative estimate of drug-likeness (QED) is 0.620. The van der Waals surface area contributed by atoms with Crippen LogP contribution in [0.5, 0.6) is 0 Å². The van der Waals surface area contributed by atoms with Crippen LogP contribution in [-0.4, -0.2) is 56.7 Å². The van der Waals surface area contributed by atoms with Crippen molar-refractivity contribution in [1.29, 1.82) is 0 Å². The molecule has 3 aromatic rings. The van der Waals surface area contributed by atoms with Gasteiger partial charge in [0.15, 0.2) is 5.82 Å². The van der Waals surface area contributed by atoms with E-state index in [-0.39, 0.29) is 22.9 Å². The van der Waals surface area contributed by atoms with Gasteiger partial charge < -0.3 is 9.80 Å². The molecule has 0 radical (unpaired) electrons. The topological polar surface area (TPSA) is 67.2 Å². The van der Waals surface area contributed by atoms with E-state index in [0.29, 0.717) is 32.0 Å². The first-order chi connectivity index (χ1) is 14.8. The van der Waals surface area contributed by atoms with Crippen LogP contribution in [0.4, 0.5) is 10.2 Å². The SMILES string of the molecule is Cc1cc(C)n(-c2cc(N3CCN(C(=O)Cc4c(F)cccc4Cl)CC3)nc(C)n2)n1. The number of amides is 1. The molecule has 0 saturated carbocycles. The molecular weight excluding hydrogens is 419 g/mol. The molecule has 0 spiro atoms. The molecule has 3 heterocycles. The molecule has 4 rings (SSSR count). The van der Waals surface area contributed by atoms with Gasteiger partial charge in [0.1, 0.15) is 17.5 Å². The van der Waals surface area contributed by atoms with E-state index in [0.717, 1.165) is 23.0 Å². The van der Waals surface area contributed by atoms with Gasteiger partial charge in [-0.25, -0.2) is 19.0 Å². The zero-order chi connectivity index (χ0) is 22.1. The lowest BCUT2D eigenvalue weighted by molar-refractivity contribution is -0.130. The first kappa shape index (κ1) is 21.2.